The lowest BCUT2D eigenvalue weighted by atomic mass is 10.2. The van der Waals surface area contributed by atoms with E-state index in [0.717, 1.165) is 0 Å². The van der Waals surface area contributed by atoms with Gasteiger partial charge in [-0.25, -0.2) is 21.6 Å². The second-order valence-corrected chi connectivity index (χ2v) is 8.61. The molecule has 23 heavy (non-hydrogen) atoms. The molecule has 0 aliphatic rings. The van der Waals surface area contributed by atoms with Crippen LogP contribution in [0.15, 0.2) is 53.4 Å². The minimum absolute atomic E-state index is 0.0416. The van der Waals surface area contributed by atoms with E-state index in [-0.39, 0.29) is 16.3 Å². The molecule has 0 spiro atoms. The molecule has 2 aromatic carbocycles. The van der Waals surface area contributed by atoms with Crippen molar-refractivity contribution in [3.05, 3.63) is 59.7 Å². The average Bonchev–Trinajstić information content (AvgIpc) is 2.49. The first-order valence-corrected chi connectivity index (χ1v) is 9.96. The highest BCUT2D eigenvalue weighted by molar-refractivity contribution is 7.92. The molecular formula is C15H18N2O4S2. The van der Waals surface area contributed by atoms with E-state index in [0.29, 0.717) is 11.1 Å². The van der Waals surface area contributed by atoms with Crippen LogP contribution in [0.1, 0.15) is 11.1 Å². The van der Waals surface area contributed by atoms with E-state index in [1.54, 1.807) is 43.3 Å². The standard InChI is InChI=1S/C15H18N2O4S2/c1-12-8-9-14(10-15(12)23(20,21)16-2)17-22(18,19)11-13-6-4-3-5-7-13/h3-10,16-17H,11H2,1-2H3. The monoisotopic (exact) mass is 354 g/mol. The summed E-state index contributed by atoms with van der Waals surface area (Å²) < 4.78 is 52.9. The molecule has 0 aliphatic heterocycles. The highest BCUT2D eigenvalue weighted by Gasteiger charge is 2.17. The Morgan fingerprint density at radius 2 is 1.61 bits per heavy atom. The molecule has 0 atom stereocenters. The van der Waals surface area contributed by atoms with Crippen LogP contribution in [-0.2, 0) is 25.8 Å². The number of aryl methyl sites for hydroxylation is 1. The smallest absolute Gasteiger partial charge is 0.240 e. The lowest BCUT2D eigenvalue weighted by Gasteiger charge is -2.11. The van der Waals surface area contributed by atoms with Gasteiger partial charge in [0.05, 0.1) is 10.6 Å². The highest BCUT2D eigenvalue weighted by Crippen LogP contribution is 2.21. The Bertz CT molecular complexity index is 892. The summed E-state index contributed by atoms with van der Waals surface area (Å²) >= 11 is 0. The van der Waals surface area contributed by atoms with Crippen LogP contribution in [0.3, 0.4) is 0 Å². The quantitative estimate of drug-likeness (QED) is 0.828. The second kappa shape index (κ2) is 6.69. The van der Waals surface area contributed by atoms with Crippen molar-refractivity contribution in [2.75, 3.05) is 11.8 Å². The zero-order valence-corrected chi connectivity index (χ0v) is 14.4. The maximum absolute atomic E-state index is 12.2. The maximum atomic E-state index is 12.2. The molecule has 0 bridgehead atoms. The van der Waals surface area contributed by atoms with Gasteiger partial charge >= 0.3 is 0 Å². The van der Waals surface area contributed by atoms with E-state index in [9.17, 15) is 16.8 Å². The molecule has 0 saturated heterocycles. The van der Waals surface area contributed by atoms with Crippen molar-refractivity contribution in [2.45, 2.75) is 17.6 Å². The molecule has 0 amide bonds. The average molecular weight is 354 g/mol. The number of hydrogen-bond donors (Lipinski definition) is 2. The van der Waals surface area contributed by atoms with Gasteiger partial charge in [0.1, 0.15) is 0 Å². The molecule has 2 aromatic rings. The Hall–Kier alpha value is -1.90. The Balaban J connectivity index is 2.28. The van der Waals surface area contributed by atoms with E-state index in [2.05, 4.69) is 9.44 Å². The summed E-state index contributed by atoms with van der Waals surface area (Å²) in [4.78, 5) is 0.0416. The molecule has 0 aliphatic carbocycles. The van der Waals surface area contributed by atoms with Crippen molar-refractivity contribution in [1.29, 1.82) is 0 Å². The zero-order valence-electron chi connectivity index (χ0n) is 12.8. The second-order valence-electron chi connectivity index (χ2n) is 5.03. The molecule has 0 heterocycles. The lowest BCUT2D eigenvalue weighted by molar-refractivity contribution is 0.587. The first-order chi connectivity index (χ1) is 10.7. The van der Waals surface area contributed by atoms with E-state index in [1.165, 1.54) is 19.2 Å². The van der Waals surface area contributed by atoms with Gasteiger partial charge < -0.3 is 0 Å². The van der Waals surface area contributed by atoms with E-state index >= 15 is 0 Å². The normalized spacial score (nSPS) is 12.1. The molecule has 2 N–H and O–H groups in total. The lowest BCUT2D eigenvalue weighted by Crippen LogP contribution is -2.20. The van der Waals surface area contributed by atoms with Gasteiger partial charge in [0.25, 0.3) is 0 Å². The largest absolute Gasteiger partial charge is 0.283 e. The molecule has 124 valence electrons. The van der Waals surface area contributed by atoms with E-state index < -0.39 is 20.0 Å². The fourth-order valence-electron chi connectivity index (χ4n) is 2.07. The number of nitrogens with one attached hydrogen (secondary N) is 2. The van der Waals surface area contributed by atoms with Crippen LogP contribution in [0, 0.1) is 6.92 Å². The van der Waals surface area contributed by atoms with Gasteiger partial charge in [-0.3, -0.25) is 4.72 Å². The molecule has 0 radical (unpaired) electrons. The third-order valence-electron chi connectivity index (χ3n) is 3.22. The summed E-state index contributed by atoms with van der Waals surface area (Å²) in [5, 5.41) is 0. The van der Waals surface area contributed by atoms with Gasteiger partial charge in [0.2, 0.25) is 20.0 Å². The molecule has 0 aromatic heterocycles. The topological polar surface area (TPSA) is 92.3 Å². The summed E-state index contributed by atoms with van der Waals surface area (Å²) in [5.41, 5.74) is 1.39. The molecule has 0 unspecified atom stereocenters. The third kappa shape index (κ3) is 4.54. The summed E-state index contributed by atoms with van der Waals surface area (Å²) in [7, 11) is -5.98. The fourth-order valence-corrected chi connectivity index (χ4v) is 4.26. The Labute approximate surface area is 136 Å². The van der Waals surface area contributed by atoms with E-state index in [1.807, 2.05) is 0 Å². The summed E-state index contributed by atoms with van der Waals surface area (Å²) in [5.74, 6) is -0.185. The predicted molar refractivity (Wildman–Crippen MR) is 90.1 cm³/mol. The van der Waals surface area contributed by atoms with Gasteiger partial charge in [-0.15, -0.1) is 0 Å². The van der Waals surface area contributed by atoms with Crippen molar-refractivity contribution >= 4 is 25.7 Å². The Kier molecular flexibility index (Phi) is 5.08. The van der Waals surface area contributed by atoms with Crippen LogP contribution in [0.2, 0.25) is 0 Å². The minimum atomic E-state index is -3.65. The Morgan fingerprint density at radius 1 is 0.957 bits per heavy atom. The third-order valence-corrected chi connectivity index (χ3v) is 6.04. The van der Waals surface area contributed by atoms with Gasteiger partial charge in [0, 0.05) is 5.69 Å². The number of hydrogen-bond acceptors (Lipinski definition) is 4. The summed E-state index contributed by atoms with van der Waals surface area (Å²) in [6.45, 7) is 1.65. The van der Waals surface area contributed by atoms with Crippen LogP contribution in [0.5, 0.6) is 0 Å². The zero-order chi connectivity index (χ0) is 17.1. The number of anilines is 1. The van der Waals surface area contributed by atoms with Crippen molar-refractivity contribution in [1.82, 2.24) is 4.72 Å². The van der Waals surface area contributed by atoms with Gasteiger partial charge in [-0.1, -0.05) is 36.4 Å². The fraction of sp³-hybridized carbons (Fsp3) is 0.200. The van der Waals surface area contributed by atoms with Crippen molar-refractivity contribution < 1.29 is 16.8 Å². The van der Waals surface area contributed by atoms with Crippen LogP contribution < -0.4 is 9.44 Å². The Morgan fingerprint density at radius 3 is 2.22 bits per heavy atom. The van der Waals surface area contributed by atoms with Crippen LogP contribution in [0.25, 0.3) is 0 Å². The summed E-state index contributed by atoms with van der Waals surface area (Å²) in [6, 6.07) is 13.2. The maximum Gasteiger partial charge on any atom is 0.240 e. The molecule has 0 saturated carbocycles. The number of rotatable bonds is 6. The van der Waals surface area contributed by atoms with Crippen LogP contribution in [-0.4, -0.2) is 23.9 Å². The van der Waals surface area contributed by atoms with Crippen molar-refractivity contribution in [3.63, 3.8) is 0 Å². The highest BCUT2D eigenvalue weighted by atomic mass is 32.2. The van der Waals surface area contributed by atoms with Crippen LogP contribution >= 0.6 is 0 Å². The predicted octanol–water partition coefficient (Wildman–Crippen LogP) is 1.85. The molecule has 8 heteroatoms. The SMILES string of the molecule is CNS(=O)(=O)c1cc(NS(=O)(=O)Cc2ccccc2)ccc1C. The number of benzene rings is 2. The first-order valence-electron chi connectivity index (χ1n) is 6.82. The summed E-state index contributed by atoms with van der Waals surface area (Å²) in [6.07, 6.45) is 0. The number of sulfonamides is 2. The molecule has 2 rings (SSSR count). The molecule has 0 fully saturated rings. The molecule has 6 nitrogen and oxygen atoms in total. The minimum Gasteiger partial charge on any atom is -0.283 e. The van der Waals surface area contributed by atoms with Gasteiger partial charge in [0.15, 0.2) is 0 Å². The van der Waals surface area contributed by atoms with Gasteiger partial charge in [-0.05, 0) is 37.2 Å². The van der Waals surface area contributed by atoms with Crippen molar-refractivity contribution in [3.8, 4) is 0 Å². The first kappa shape index (κ1) is 17.5. The molecular weight excluding hydrogens is 336 g/mol. The van der Waals surface area contributed by atoms with Crippen LogP contribution in [0.4, 0.5) is 5.69 Å². The van der Waals surface area contributed by atoms with Crippen molar-refractivity contribution in [2.24, 2.45) is 0 Å². The van der Waals surface area contributed by atoms with E-state index in [4.69, 9.17) is 0 Å². The van der Waals surface area contributed by atoms with Gasteiger partial charge in [-0.2, -0.15) is 0 Å².